The van der Waals surface area contributed by atoms with Gasteiger partial charge in [-0.3, -0.25) is 4.79 Å². The van der Waals surface area contributed by atoms with Crippen LogP contribution < -0.4 is 0 Å². The molecule has 0 aliphatic carbocycles. The van der Waals surface area contributed by atoms with Gasteiger partial charge in [0.15, 0.2) is 0 Å². The van der Waals surface area contributed by atoms with Crippen LogP contribution in [0.5, 0.6) is 0 Å². The molecule has 0 radical (unpaired) electrons. The fourth-order valence-electron chi connectivity index (χ4n) is 3.83. The number of ether oxygens (including phenoxy) is 1. The Balaban J connectivity index is 1.74. The molecule has 3 nitrogen and oxygen atoms in total. The average Bonchev–Trinajstić information content (AvgIpc) is 2.64. The van der Waals surface area contributed by atoms with Crippen LogP contribution in [0.1, 0.15) is 123 Å². The van der Waals surface area contributed by atoms with Crippen molar-refractivity contribution in [3.05, 3.63) is 0 Å². The van der Waals surface area contributed by atoms with E-state index in [0.29, 0.717) is 6.42 Å². The Morgan fingerprint density at radius 1 is 0.808 bits per heavy atom. The van der Waals surface area contributed by atoms with Gasteiger partial charge in [-0.05, 0) is 13.3 Å². The molecule has 1 aliphatic heterocycles. The number of hydrogen-bond donors (Lipinski definition) is 1. The van der Waals surface area contributed by atoms with Crippen LogP contribution in [0.15, 0.2) is 0 Å². The molecular weight excluding hydrogens is 324 g/mol. The maximum absolute atomic E-state index is 11.0. The lowest BCUT2D eigenvalue weighted by Gasteiger charge is -2.33. The number of cyclic esters (lactones) is 1. The van der Waals surface area contributed by atoms with E-state index in [-0.39, 0.29) is 24.1 Å². The number of carbonyl (C=O) groups excluding carboxylic acids is 1. The molecule has 3 atom stereocenters. The van der Waals surface area contributed by atoms with Crippen molar-refractivity contribution in [1.29, 1.82) is 0 Å². The molecule has 3 heteroatoms. The molecule has 154 valence electrons. The van der Waals surface area contributed by atoms with E-state index in [0.717, 1.165) is 12.8 Å². The highest BCUT2D eigenvalue weighted by atomic mass is 16.6. The van der Waals surface area contributed by atoms with Crippen molar-refractivity contribution in [2.24, 2.45) is 5.92 Å². The van der Waals surface area contributed by atoms with Crippen LogP contribution in [-0.4, -0.2) is 23.3 Å². The van der Waals surface area contributed by atoms with Gasteiger partial charge in [-0.15, -0.1) is 0 Å². The summed E-state index contributed by atoms with van der Waals surface area (Å²) in [5.74, 6) is -0.139. The van der Waals surface area contributed by atoms with E-state index in [1.807, 2.05) is 6.92 Å². The molecule has 26 heavy (non-hydrogen) atoms. The van der Waals surface area contributed by atoms with E-state index in [4.69, 9.17) is 4.74 Å². The lowest BCUT2D eigenvalue weighted by molar-refractivity contribution is -0.185. The SMILES string of the molecule is CCCCCCCCCCCCCCCCCC(O)C[C@H]1OC(=O)[C@@H]1C. The van der Waals surface area contributed by atoms with Crippen molar-refractivity contribution in [3.8, 4) is 0 Å². The highest BCUT2D eigenvalue weighted by molar-refractivity contribution is 5.77. The zero-order valence-electron chi connectivity index (χ0n) is 17.5. The summed E-state index contributed by atoms with van der Waals surface area (Å²) in [6, 6.07) is 0. The number of unbranched alkanes of at least 4 members (excludes halogenated alkanes) is 14. The minimum Gasteiger partial charge on any atom is -0.461 e. The highest BCUT2D eigenvalue weighted by Gasteiger charge is 2.39. The van der Waals surface area contributed by atoms with Crippen LogP contribution in [0, 0.1) is 5.92 Å². The van der Waals surface area contributed by atoms with E-state index in [9.17, 15) is 9.90 Å². The molecule has 1 saturated heterocycles. The number of esters is 1. The quantitative estimate of drug-likeness (QED) is 0.220. The molecule has 1 unspecified atom stereocenters. The van der Waals surface area contributed by atoms with Crippen LogP contribution >= 0.6 is 0 Å². The third-order valence-corrected chi connectivity index (χ3v) is 5.84. The second-order valence-electron chi connectivity index (χ2n) is 8.39. The van der Waals surface area contributed by atoms with Crippen LogP contribution in [0.25, 0.3) is 0 Å². The first-order valence-corrected chi connectivity index (χ1v) is 11.5. The predicted molar refractivity (Wildman–Crippen MR) is 109 cm³/mol. The van der Waals surface area contributed by atoms with Gasteiger partial charge >= 0.3 is 5.97 Å². The summed E-state index contributed by atoms with van der Waals surface area (Å²) in [4.78, 5) is 11.0. The largest absolute Gasteiger partial charge is 0.461 e. The molecule has 1 aliphatic rings. The Hall–Kier alpha value is -0.570. The third kappa shape index (κ3) is 11.2. The van der Waals surface area contributed by atoms with Gasteiger partial charge in [-0.2, -0.15) is 0 Å². The first-order chi connectivity index (χ1) is 12.6. The molecule has 0 aromatic heterocycles. The lowest BCUT2D eigenvalue weighted by Crippen LogP contribution is -2.44. The van der Waals surface area contributed by atoms with E-state index in [2.05, 4.69) is 6.92 Å². The summed E-state index contributed by atoms with van der Waals surface area (Å²) >= 11 is 0. The minimum absolute atomic E-state index is 0.0225. The van der Waals surface area contributed by atoms with Crippen LogP contribution in [0.3, 0.4) is 0 Å². The van der Waals surface area contributed by atoms with Crippen molar-refractivity contribution in [2.45, 2.75) is 135 Å². The number of rotatable bonds is 18. The molecule has 0 amide bonds. The molecule has 1 rings (SSSR count). The summed E-state index contributed by atoms with van der Waals surface area (Å²) in [7, 11) is 0. The van der Waals surface area contributed by atoms with Gasteiger partial charge in [0, 0.05) is 6.42 Å². The Bertz CT molecular complexity index is 342. The Labute approximate surface area is 162 Å². The number of hydrogen-bond acceptors (Lipinski definition) is 3. The molecule has 0 aromatic rings. The second kappa shape index (κ2) is 15.5. The number of carbonyl (C=O) groups is 1. The maximum atomic E-state index is 11.0. The molecular formula is C23H44O3. The fourth-order valence-corrected chi connectivity index (χ4v) is 3.83. The summed E-state index contributed by atoms with van der Waals surface area (Å²) in [6.07, 6.45) is 21.6. The zero-order valence-corrected chi connectivity index (χ0v) is 17.5. The van der Waals surface area contributed by atoms with Gasteiger partial charge in [0.25, 0.3) is 0 Å². The van der Waals surface area contributed by atoms with Gasteiger partial charge in [0.05, 0.1) is 12.0 Å². The van der Waals surface area contributed by atoms with Crippen molar-refractivity contribution < 1.29 is 14.6 Å². The summed E-state index contributed by atoms with van der Waals surface area (Å²) < 4.78 is 5.05. The Morgan fingerprint density at radius 3 is 1.62 bits per heavy atom. The van der Waals surface area contributed by atoms with Crippen molar-refractivity contribution in [2.75, 3.05) is 0 Å². The lowest BCUT2D eigenvalue weighted by atomic mass is 9.92. The number of aliphatic hydroxyl groups is 1. The third-order valence-electron chi connectivity index (χ3n) is 5.84. The second-order valence-corrected chi connectivity index (χ2v) is 8.39. The standard InChI is InChI=1S/C23H44O3/c1-3-4-5-6-7-8-9-10-11-12-13-14-15-16-17-18-21(24)19-22-20(2)23(25)26-22/h20-22,24H,3-19H2,1-2H3/t20-,21?,22-/m1/s1. The molecule has 1 fully saturated rings. The zero-order chi connectivity index (χ0) is 19.0. The molecule has 0 spiro atoms. The molecule has 1 heterocycles. The van der Waals surface area contributed by atoms with Crippen molar-refractivity contribution in [1.82, 2.24) is 0 Å². The smallest absolute Gasteiger partial charge is 0.312 e. The first-order valence-electron chi connectivity index (χ1n) is 11.5. The van der Waals surface area contributed by atoms with Crippen molar-refractivity contribution in [3.63, 3.8) is 0 Å². The van der Waals surface area contributed by atoms with E-state index < -0.39 is 0 Å². The molecule has 0 bridgehead atoms. The minimum atomic E-state index is -0.308. The van der Waals surface area contributed by atoms with Gasteiger partial charge < -0.3 is 9.84 Å². The average molecular weight is 369 g/mol. The number of aliphatic hydroxyl groups excluding tert-OH is 1. The fraction of sp³-hybridized carbons (Fsp3) is 0.957. The van der Waals surface area contributed by atoms with E-state index >= 15 is 0 Å². The maximum Gasteiger partial charge on any atom is 0.312 e. The van der Waals surface area contributed by atoms with Gasteiger partial charge in [0.1, 0.15) is 6.10 Å². The summed E-state index contributed by atoms with van der Waals surface area (Å²) in [5, 5.41) is 10.0. The van der Waals surface area contributed by atoms with Gasteiger partial charge in [-0.1, -0.05) is 103 Å². The van der Waals surface area contributed by atoms with Gasteiger partial charge in [-0.25, -0.2) is 0 Å². The van der Waals surface area contributed by atoms with Crippen LogP contribution in [0.2, 0.25) is 0 Å². The van der Waals surface area contributed by atoms with E-state index in [1.54, 1.807) is 0 Å². The topological polar surface area (TPSA) is 46.5 Å². The molecule has 0 aromatic carbocycles. The van der Waals surface area contributed by atoms with Crippen molar-refractivity contribution >= 4 is 5.97 Å². The molecule has 0 saturated carbocycles. The molecule has 1 N–H and O–H groups in total. The monoisotopic (exact) mass is 368 g/mol. The Morgan fingerprint density at radius 2 is 1.23 bits per heavy atom. The van der Waals surface area contributed by atoms with E-state index in [1.165, 1.54) is 89.9 Å². The predicted octanol–water partition coefficient (Wildman–Crippen LogP) is 6.56. The normalized spacial score (nSPS) is 20.7. The summed E-state index contributed by atoms with van der Waals surface area (Å²) in [5.41, 5.74) is 0. The summed E-state index contributed by atoms with van der Waals surface area (Å²) in [6.45, 7) is 4.16. The first kappa shape index (κ1) is 23.5. The Kier molecular flexibility index (Phi) is 14.0. The van der Waals surface area contributed by atoms with Gasteiger partial charge in [0.2, 0.25) is 0 Å². The van der Waals surface area contributed by atoms with Crippen LogP contribution in [0.4, 0.5) is 0 Å². The highest BCUT2D eigenvalue weighted by Crippen LogP contribution is 2.26. The van der Waals surface area contributed by atoms with Crippen LogP contribution in [-0.2, 0) is 9.53 Å².